The van der Waals surface area contributed by atoms with E-state index in [4.69, 9.17) is 4.74 Å². The number of likely N-dealkylation sites (tertiary alicyclic amines) is 1. The molecule has 2 aromatic carbocycles. The molecule has 1 fully saturated rings. The zero-order chi connectivity index (χ0) is 22.7. The number of methoxy groups -OCH3 is 1. The summed E-state index contributed by atoms with van der Waals surface area (Å²) in [6.07, 6.45) is 0. The number of aliphatic hydroxyl groups is 1. The summed E-state index contributed by atoms with van der Waals surface area (Å²) in [7, 11) is 5.27. The van der Waals surface area contributed by atoms with Crippen LogP contribution in [0.4, 0.5) is 11.4 Å². The number of aliphatic hydroxyl groups excluding tert-OH is 1. The average Bonchev–Trinajstić information content (AvgIpc) is 3.02. The predicted molar refractivity (Wildman–Crippen MR) is 115 cm³/mol. The van der Waals surface area contributed by atoms with E-state index >= 15 is 0 Å². The number of amides is 1. The van der Waals surface area contributed by atoms with Crippen molar-refractivity contribution in [2.24, 2.45) is 0 Å². The molecule has 2 aromatic rings. The molecule has 1 saturated heterocycles. The van der Waals surface area contributed by atoms with Gasteiger partial charge >= 0.3 is 0 Å². The molecule has 0 bridgehead atoms. The minimum Gasteiger partial charge on any atom is -0.507 e. The Morgan fingerprint density at radius 1 is 1.19 bits per heavy atom. The Morgan fingerprint density at radius 2 is 1.87 bits per heavy atom. The van der Waals surface area contributed by atoms with E-state index < -0.39 is 28.4 Å². The lowest BCUT2D eigenvalue weighted by atomic mass is 9.95. The highest BCUT2D eigenvalue weighted by Crippen LogP contribution is 2.40. The number of nitro benzene ring substituents is 1. The van der Waals surface area contributed by atoms with Crippen LogP contribution < -0.4 is 4.90 Å². The lowest BCUT2D eigenvalue weighted by Crippen LogP contribution is -2.32. The molecule has 0 aromatic heterocycles. The van der Waals surface area contributed by atoms with Crippen LogP contribution in [0.25, 0.3) is 5.76 Å². The fourth-order valence-corrected chi connectivity index (χ4v) is 3.52. The Balaban J connectivity index is 2.16. The fourth-order valence-electron chi connectivity index (χ4n) is 3.52. The molecule has 1 amide bonds. The van der Waals surface area contributed by atoms with Crippen molar-refractivity contribution in [2.45, 2.75) is 6.04 Å². The maximum absolute atomic E-state index is 12.9. The summed E-state index contributed by atoms with van der Waals surface area (Å²) in [6, 6.07) is 11.7. The van der Waals surface area contributed by atoms with Gasteiger partial charge in [0.05, 0.1) is 23.1 Å². The molecule has 0 radical (unpaired) electrons. The van der Waals surface area contributed by atoms with Gasteiger partial charge in [-0.1, -0.05) is 24.3 Å². The second-order valence-electron chi connectivity index (χ2n) is 7.28. The number of benzene rings is 2. The topological polar surface area (TPSA) is 113 Å². The summed E-state index contributed by atoms with van der Waals surface area (Å²) in [5, 5.41) is 22.1. The molecule has 1 unspecified atom stereocenters. The Kier molecular flexibility index (Phi) is 6.36. The highest BCUT2D eigenvalue weighted by Gasteiger charge is 2.45. The SMILES string of the molecule is COCCN1C(=O)C(=O)/C(=C(\O)c2cccc([N+](=O)[O-])c2)C1c1ccc(N(C)C)cc1. The molecular formula is C22H23N3O6. The summed E-state index contributed by atoms with van der Waals surface area (Å²) >= 11 is 0. The molecule has 1 atom stereocenters. The number of hydrogen-bond donors (Lipinski definition) is 1. The van der Waals surface area contributed by atoms with E-state index in [0.29, 0.717) is 5.56 Å². The van der Waals surface area contributed by atoms with Crippen molar-refractivity contribution in [1.82, 2.24) is 4.90 Å². The second-order valence-corrected chi connectivity index (χ2v) is 7.28. The van der Waals surface area contributed by atoms with Crippen LogP contribution in [0.3, 0.4) is 0 Å². The summed E-state index contributed by atoms with van der Waals surface area (Å²) < 4.78 is 5.08. The molecule has 0 aliphatic carbocycles. The van der Waals surface area contributed by atoms with Crippen LogP contribution in [-0.4, -0.2) is 61.0 Å². The van der Waals surface area contributed by atoms with Gasteiger partial charge < -0.3 is 19.6 Å². The van der Waals surface area contributed by atoms with E-state index in [1.165, 1.54) is 36.3 Å². The van der Waals surface area contributed by atoms with Crippen LogP contribution in [0.5, 0.6) is 0 Å². The smallest absolute Gasteiger partial charge is 0.295 e. The first kappa shape index (κ1) is 22.0. The Hall–Kier alpha value is -3.72. The van der Waals surface area contributed by atoms with Gasteiger partial charge in [0.15, 0.2) is 0 Å². The maximum Gasteiger partial charge on any atom is 0.295 e. The monoisotopic (exact) mass is 425 g/mol. The summed E-state index contributed by atoms with van der Waals surface area (Å²) in [6.45, 7) is 0.350. The van der Waals surface area contributed by atoms with Gasteiger partial charge in [0.2, 0.25) is 0 Å². The van der Waals surface area contributed by atoms with Crippen LogP contribution in [0.15, 0.2) is 54.1 Å². The lowest BCUT2D eigenvalue weighted by Gasteiger charge is -2.25. The van der Waals surface area contributed by atoms with Crippen molar-refractivity contribution in [1.29, 1.82) is 0 Å². The van der Waals surface area contributed by atoms with Crippen molar-refractivity contribution in [2.75, 3.05) is 39.3 Å². The number of rotatable bonds is 7. The zero-order valence-corrected chi connectivity index (χ0v) is 17.4. The van der Waals surface area contributed by atoms with Crippen LogP contribution >= 0.6 is 0 Å². The molecule has 0 saturated carbocycles. The van der Waals surface area contributed by atoms with Crippen molar-refractivity contribution in [3.05, 3.63) is 75.3 Å². The molecule has 9 nitrogen and oxygen atoms in total. The summed E-state index contributed by atoms with van der Waals surface area (Å²) in [5.41, 5.74) is 1.31. The first-order valence-corrected chi connectivity index (χ1v) is 9.55. The molecular weight excluding hydrogens is 402 g/mol. The van der Waals surface area contributed by atoms with Crippen molar-refractivity contribution >= 4 is 28.8 Å². The lowest BCUT2D eigenvalue weighted by molar-refractivity contribution is -0.384. The van der Waals surface area contributed by atoms with Gasteiger partial charge in [-0.2, -0.15) is 0 Å². The summed E-state index contributed by atoms with van der Waals surface area (Å²) in [4.78, 5) is 39.4. The van der Waals surface area contributed by atoms with E-state index in [1.807, 2.05) is 31.1 Å². The van der Waals surface area contributed by atoms with Gasteiger partial charge in [0, 0.05) is 51.1 Å². The average molecular weight is 425 g/mol. The van der Waals surface area contributed by atoms with E-state index in [0.717, 1.165) is 5.69 Å². The van der Waals surface area contributed by atoms with Gasteiger partial charge in [-0.15, -0.1) is 0 Å². The highest BCUT2D eigenvalue weighted by atomic mass is 16.6. The van der Waals surface area contributed by atoms with Crippen LogP contribution in [0.2, 0.25) is 0 Å². The minimum atomic E-state index is -0.846. The molecule has 31 heavy (non-hydrogen) atoms. The molecule has 1 aliphatic rings. The first-order valence-electron chi connectivity index (χ1n) is 9.55. The van der Waals surface area contributed by atoms with E-state index in [1.54, 1.807) is 12.1 Å². The normalized spacial score (nSPS) is 17.8. The summed E-state index contributed by atoms with van der Waals surface area (Å²) in [5.74, 6) is -2.06. The number of hydrogen-bond acceptors (Lipinski definition) is 7. The van der Waals surface area contributed by atoms with Gasteiger partial charge in [-0.05, 0) is 17.7 Å². The Labute approximate surface area is 179 Å². The number of nitro groups is 1. The molecule has 1 aliphatic heterocycles. The van der Waals surface area contributed by atoms with Crippen molar-refractivity contribution in [3.8, 4) is 0 Å². The van der Waals surface area contributed by atoms with Gasteiger partial charge in [-0.25, -0.2) is 0 Å². The third-order valence-corrected chi connectivity index (χ3v) is 5.13. The van der Waals surface area contributed by atoms with Gasteiger partial charge in [0.25, 0.3) is 17.4 Å². The van der Waals surface area contributed by atoms with E-state index in [-0.39, 0.29) is 30.0 Å². The van der Waals surface area contributed by atoms with E-state index in [9.17, 15) is 24.8 Å². The third kappa shape index (κ3) is 4.26. The zero-order valence-electron chi connectivity index (χ0n) is 17.4. The maximum atomic E-state index is 12.9. The number of ether oxygens (including phenoxy) is 1. The number of anilines is 1. The number of ketones is 1. The molecule has 1 heterocycles. The first-order chi connectivity index (χ1) is 14.8. The number of Topliss-reactive ketones (excluding diaryl/α,β-unsaturated/α-hetero) is 1. The standard InChI is InChI=1S/C22H23N3O6/c1-23(2)16-9-7-14(8-10-16)19-18(21(27)22(28)24(19)11-12-31-3)20(26)15-5-4-6-17(13-15)25(29)30/h4-10,13,19,26H,11-12H2,1-3H3/b20-18-. The quantitative estimate of drug-likeness (QED) is 0.239. The molecule has 162 valence electrons. The number of non-ortho nitro benzene ring substituents is 1. The fraction of sp³-hybridized carbons (Fsp3) is 0.273. The van der Waals surface area contributed by atoms with Gasteiger partial charge in [-0.3, -0.25) is 19.7 Å². The highest BCUT2D eigenvalue weighted by molar-refractivity contribution is 6.46. The van der Waals surface area contributed by atoms with Crippen LogP contribution in [-0.2, 0) is 14.3 Å². The number of carbonyl (C=O) groups is 2. The molecule has 1 N–H and O–H groups in total. The number of nitrogens with zero attached hydrogens (tertiary/aromatic N) is 3. The predicted octanol–water partition coefficient (Wildman–Crippen LogP) is 2.73. The molecule has 0 spiro atoms. The third-order valence-electron chi connectivity index (χ3n) is 5.13. The Morgan fingerprint density at radius 3 is 2.45 bits per heavy atom. The molecule has 3 rings (SSSR count). The second kappa shape index (κ2) is 8.97. The minimum absolute atomic E-state index is 0.0915. The molecule has 9 heteroatoms. The van der Waals surface area contributed by atoms with Crippen molar-refractivity contribution < 1.29 is 24.4 Å². The number of carbonyl (C=O) groups excluding carboxylic acids is 2. The van der Waals surface area contributed by atoms with Gasteiger partial charge in [0.1, 0.15) is 5.76 Å². The largest absolute Gasteiger partial charge is 0.507 e. The van der Waals surface area contributed by atoms with Crippen LogP contribution in [0.1, 0.15) is 17.2 Å². The van der Waals surface area contributed by atoms with Crippen LogP contribution in [0, 0.1) is 10.1 Å². The van der Waals surface area contributed by atoms with Crippen molar-refractivity contribution in [3.63, 3.8) is 0 Å². The Bertz CT molecular complexity index is 1050. The van der Waals surface area contributed by atoms with E-state index in [2.05, 4.69) is 0 Å².